The molecule has 0 aromatic carbocycles. The third kappa shape index (κ3) is 3.82. The molecule has 1 aliphatic rings. The van der Waals surface area contributed by atoms with Gasteiger partial charge in [-0.25, -0.2) is 4.99 Å². The van der Waals surface area contributed by atoms with Crippen LogP contribution in [0.2, 0.25) is 0 Å². The number of thiophene rings is 1. The van der Waals surface area contributed by atoms with Crippen LogP contribution in [0.25, 0.3) is 0 Å². The summed E-state index contributed by atoms with van der Waals surface area (Å²) < 4.78 is 0. The third-order valence-electron chi connectivity index (χ3n) is 3.28. The Morgan fingerprint density at radius 3 is 3.11 bits per heavy atom. The summed E-state index contributed by atoms with van der Waals surface area (Å²) in [4.78, 5) is 5.76. The van der Waals surface area contributed by atoms with Crippen LogP contribution in [-0.4, -0.2) is 12.4 Å². The van der Waals surface area contributed by atoms with E-state index in [4.69, 9.17) is 5.73 Å². The van der Waals surface area contributed by atoms with Gasteiger partial charge in [0.1, 0.15) is 6.17 Å². The maximum Gasteiger partial charge on any atom is 0.136 e. The number of rotatable bonds is 6. The van der Waals surface area contributed by atoms with Gasteiger partial charge in [0.15, 0.2) is 0 Å². The Kier molecular flexibility index (Phi) is 5.20. The molecule has 3 N–H and O–H groups in total. The largest absolute Gasteiger partial charge is 0.387 e. The van der Waals surface area contributed by atoms with Gasteiger partial charge in [-0.05, 0) is 29.9 Å². The van der Waals surface area contributed by atoms with Crippen molar-refractivity contribution in [2.45, 2.75) is 51.6 Å². The first kappa shape index (κ1) is 13.6. The van der Waals surface area contributed by atoms with E-state index in [0.717, 1.165) is 18.8 Å². The van der Waals surface area contributed by atoms with E-state index < -0.39 is 0 Å². The van der Waals surface area contributed by atoms with Crippen molar-refractivity contribution in [3.63, 3.8) is 0 Å². The molecule has 2 rings (SSSR count). The Bertz CT molecular complexity index is 397. The molecule has 1 atom stereocenters. The molecule has 0 amide bonds. The monoisotopic (exact) mass is 265 g/mol. The fourth-order valence-electron chi connectivity index (χ4n) is 2.20. The number of aryl methyl sites for hydroxylation is 1. The van der Waals surface area contributed by atoms with Crippen LogP contribution in [0.1, 0.15) is 55.6 Å². The van der Waals surface area contributed by atoms with Gasteiger partial charge < -0.3 is 5.73 Å². The van der Waals surface area contributed by atoms with E-state index in [0.29, 0.717) is 0 Å². The lowest BCUT2D eigenvalue weighted by atomic mass is 10.1. The standard InChI is InChI=1S/C14H23N3S/c1-2-3-4-5-6-11-9-12(18-10-11)14-16-8-7-13(15)17-14/h9-10,14,16H,2-8H2,1H3,(H2,15,17). The Morgan fingerprint density at radius 2 is 2.33 bits per heavy atom. The van der Waals surface area contributed by atoms with Gasteiger partial charge in [0, 0.05) is 17.8 Å². The van der Waals surface area contributed by atoms with E-state index >= 15 is 0 Å². The smallest absolute Gasteiger partial charge is 0.136 e. The minimum Gasteiger partial charge on any atom is -0.387 e. The van der Waals surface area contributed by atoms with Gasteiger partial charge in [0.25, 0.3) is 0 Å². The summed E-state index contributed by atoms with van der Waals surface area (Å²) in [6, 6.07) is 2.29. The average Bonchev–Trinajstić information content (AvgIpc) is 2.83. The fraction of sp³-hybridized carbons (Fsp3) is 0.643. The van der Waals surface area contributed by atoms with Crippen molar-refractivity contribution >= 4 is 17.2 Å². The molecule has 1 unspecified atom stereocenters. The van der Waals surface area contributed by atoms with Crippen molar-refractivity contribution in [2.24, 2.45) is 10.7 Å². The van der Waals surface area contributed by atoms with Gasteiger partial charge in [-0.2, -0.15) is 0 Å². The number of hydrogen-bond acceptors (Lipinski definition) is 4. The van der Waals surface area contributed by atoms with Crippen LogP contribution in [0.3, 0.4) is 0 Å². The molecule has 1 aliphatic heterocycles. The molecule has 0 saturated heterocycles. The Morgan fingerprint density at radius 1 is 1.44 bits per heavy atom. The lowest BCUT2D eigenvalue weighted by Gasteiger charge is -2.18. The molecule has 4 heteroatoms. The van der Waals surface area contributed by atoms with Crippen LogP contribution in [0.15, 0.2) is 16.4 Å². The van der Waals surface area contributed by atoms with Gasteiger partial charge in [0.2, 0.25) is 0 Å². The maximum atomic E-state index is 5.80. The van der Waals surface area contributed by atoms with Crippen LogP contribution < -0.4 is 11.1 Å². The zero-order chi connectivity index (χ0) is 12.8. The van der Waals surface area contributed by atoms with Crippen LogP contribution in [0.4, 0.5) is 0 Å². The molecular formula is C14H23N3S. The van der Waals surface area contributed by atoms with Crippen molar-refractivity contribution in [3.05, 3.63) is 21.9 Å². The van der Waals surface area contributed by atoms with Crippen molar-refractivity contribution in [1.82, 2.24) is 5.32 Å². The van der Waals surface area contributed by atoms with Crippen molar-refractivity contribution in [3.8, 4) is 0 Å². The summed E-state index contributed by atoms with van der Waals surface area (Å²) in [6.45, 7) is 3.18. The normalized spacial score (nSPS) is 19.8. The molecule has 100 valence electrons. The quantitative estimate of drug-likeness (QED) is 0.776. The highest BCUT2D eigenvalue weighted by molar-refractivity contribution is 7.10. The maximum absolute atomic E-state index is 5.80. The number of nitrogens with zero attached hydrogens (tertiary/aromatic N) is 1. The van der Waals surface area contributed by atoms with Crippen LogP contribution >= 0.6 is 11.3 Å². The number of nitrogens with two attached hydrogens (primary N) is 1. The van der Waals surface area contributed by atoms with Gasteiger partial charge in [-0.15, -0.1) is 11.3 Å². The molecule has 2 heterocycles. The van der Waals surface area contributed by atoms with Crippen LogP contribution in [-0.2, 0) is 6.42 Å². The van der Waals surface area contributed by atoms with Crippen LogP contribution in [0.5, 0.6) is 0 Å². The highest BCUT2D eigenvalue weighted by Crippen LogP contribution is 2.25. The zero-order valence-electron chi connectivity index (χ0n) is 11.1. The van der Waals surface area contributed by atoms with Gasteiger partial charge in [-0.3, -0.25) is 5.32 Å². The predicted octanol–water partition coefficient (Wildman–Crippen LogP) is 3.22. The number of unbranched alkanes of at least 4 members (excludes halogenated alkanes) is 3. The highest BCUT2D eigenvalue weighted by atomic mass is 32.1. The Balaban J connectivity index is 1.87. The predicted molar refractivity (Wildman–Crippen MR) is 79.1 cm³/mol. The summed E-state index contributed by atoms with van der Waals surface area (Å²) in [7, 11) is 0. The van der Waals surface area contributed by atoms with E-state index in [1.54, 1.807) is 11.3 Å². The third-order valence-corrected chi connectivity index (χ3v) is 4.31. The molecule has 1 aromatic rings. The van der Waals surface area contributed by atoms with E-state index in [-0.39, 0.29) is 6.17 Å². The lowest BCUT2D eigenvalue weighted by Crippen LogP contribution is -2.31. The molecule has 0 fully saturated rings. The second kappa shape index (κ2) is 6.90. The first-order valence-corrected chi connectivity index (χ1v) is 7.80. The molecule has 3 nitrogen and oxygen atoms in total. The Hall–Kier alpha value is -0.870. The van der Waals surface area contributed by atoms with Gasteiger partial charge in [0.05, 0.1) is 5.84 Å². The van der Waals surface area contributed by atoms with E-state index in [2.05, 4.69) is 28.7 Å². The SMILES string of the molecule is CCCCCCc1csc(C2N=C(N)CCN2)c1. The van der Waals surface area contributed by atoms with Gasteiger partial charge in [-0.1, -0.05) is 26.2 Å². The summed E-state index contributed by atoms with van der Waals surface area (Å²) in [5.41, 5.74) is 7.25. The second-order valence-corrected chi connectivity index (χ2v) is 5.84. The zero-order valence-corrected chi connectivity index (χ0v) is 11.9. The average molecular weight is 265 g/mol. The first-order chi connectivity index (χ1) is 8.79. The second-order valence-electron chi connectivity index (χ2n) is 4.90. The number of aliphatic imine (C=N–C) groups is 1. The first-order valence-electron chi connectivity index (χ1n) is 6.92. The minimum absolute atomic E-state index is 0.0909. The summed E-state index contributed by atoms with van der Waals surface area (Å²) in [6.07, 6.45) is 7.45. The van der Waals surface area contributed by atoms with E-state index in [9.17, 15) is 0 Å². The van der Waals surface area contributed by atoms with E-state index in [1.165, 1.54) is 42.5 Å². The molecule has 0 aliphatic carbocycles. The highest BCUT2D eigenvalue weighted by Gasteiger charge is 2.16. The lowest BCUT2D eigenvalue weighted by molar-refractivity contribution is 0.547. The molecule has 0 bridgehead atoms. The summed E-state index contributed by atoms with van der Waals surface area (Å²) >= 11 is 1.80. The van der Waals surface area contributed by atoms with Crippen molar-refractivity contribution in [2.75, 3.05) is 6.54 Å². The minimum atomic E-state index is 0.0909. The molecule has 0 saturated carbocycles. The Labute approximate surface area is 114 Å². The fourth-order valence-corrected chi connectivity index (χ4v) is 3.16. The number of hydrogen-bond donors (Lipinski definition) is 2. The van der Waals surface area contributed by atoms with Gasteiger partial charge >= 0.3 is 0 Å². The van der Waals surface area contributed by atoms with Crippen molar-refractivity contribution < 1.29 is 0 Å². The number of nitrogens with one attached hydrogen (secondary N) is 1. The molecular weight excluding hydrogens is 242 g/mol. The topological polar surface area (TPSA) is 50.4 Å². The summed E-state index contributed by atoms with van der Waals surface area (Å²) in [5, 5.41) is 5.67. The van der Waals surface area contributed by atoms with E-state index in [1.807, 2.05) is 0 Å². The molecule has 0 spiro atoms. The van der Waals surface area contributed by atoms with Crippen LogP contribution in [0, 0.1) is 0 Å². The molecule has 18 heavy (non-hydrogen) atoms. The number of amidine groups is 1. The molecule has 0 radical (unpaired) electrons. The summed E-state index contributed by atoms with van der Waals surface area (Å²) in [5.74, 6) is 0.775. The van der Waals surface area contributed by atoms with Crippen molar-refractivity contribution in [1.29, 1.82) is 0 Å². The molecule has 1 aromatic heterocycles.